The maximum absolute atomic E-state index is 13.7. The summed E-state index contributed by atoms with van der Waals surface area (Å²) >= 11 is 6.25. The smallest absolute Gasteiger partial charge is 0.259 e. The van der Waals surface area contributed by atoms with Gasteiger partial charge in [0.1, 0.15) is 22.6 Å². The van der Waals surface area contributed by atoms with Crippen molar-refractivity contribution in [3.63, 3.8) is 0 Å². The Labute approximate surface area is 217 Å². The van der Waals surface area contributed by atoms with Crippen molar-refractivity contribution in [1.82, 2.24) is 4.98 Å². The first-order valence-electron chi connectivity index (χ1n) is 11.6. The van der Waals surface area contributed by atoms with Crippen molar-refractivity contribution in [3.8, 4) is 39.9 Å². The van der Waals surface area contributed by atoms with E-state index in [1.165, 1.54) is 19.2 Å². The summed E-state index contributed by atoms with van der Waals surface area (Å²) in [6.07, 6.45) is -0.623. The average molecular weight is 536 g/mol. The van der Waals surface area contributed by atoms with E-state index in [0.717, 1.165) is 0 Å². The van der Waals surface area contributed by atoms with Crippen molar-refractivity contribution in [2.75, 3.05) is 13.9 Å². The number of aromatic amines is 1. The Morgan fingerprint density at radius 2 is 1.79 bits per heavy atom. The number of phenols is 3. The van der Waals surface area contributed by atoms with Gasteiger partial charge in [-0.2, -0.15) is 0 Å². The number of H-pyrrole nitrogens is 1. The SMILES string of the molecule is COc1c(Cl)ccc2c(=O)c3c(O)c4c5c(c3oc12)OCOC5Cc1c-4c(O)c2c(=O)[nH]c(C)cc2c1O. The van der Waals surface area contributed by atoms with Gasteiger partial charge in [0.15, 0.2) is 29.5 Å². The van der Waals surface area contributed by atoms with Gasteiger partial charge < -0.3 is 38.9 Å². The van der Waals surface area contributed by atoms with Gasteiger partial charge >= 0.3 is 0 Å². The Balaban J connectivity index is 1.71. The van der Waals surface area contributed by atoms with Crippen LogP contribution < -0.4 is 20.5 Å². The molecule has 1 aliphatic heterocycles. The first kappa shape index (κ1) is 22.8. The van der Waals surface area contributed by atoms with E-state index in [2.05, 4.69) is 4.98 Å². The number of pyridine rings is 1. The zero-order chi connectivity index (χ0) is 26.6. The minimum absolute atomic E-state index is 0.0125. The van der Waals surface area contributed by atoms with E-state index in [0.29, 0.717) is 11.3 Å². The molecule has 0 saturated carbocycles. The summed E-state index contributed by atoms with van der Waals surface area (Å²) in [5.74, 6) is -0.916. The van der Waals surface area contributed by atoms with E-state index in [-0.39, 0.29) is 84.9 Å². The Bertz CT molecular complexity index is 2030. The van der Waals surface area contributed by atoms with Crippen LogP contribution in [0.4, 0.5) is 0 Å². The molecule has 1 unspecified atom stereocenters. The molecule has 2 aliphatic rings. The number of aryl methyl sites for hydroxylation is 1. The van der Waals surface area contributed by atoms with Gasteiger partial charge in [-0.15, -0.1) is 0 Å². The minimum atomic E-state index is -0.718. The van der Waals surface area contributed by atoms with Gasteiger partial charge in [0.2, 0.25) is 5.43 Å². The van der Waals surface area contributed by atoms with E-state index in [9.17, 15) is 24.9 Å². The molecule has 0 spiro atoms. The maximum atomic E-state index is 13.7. The normalized spacial score (nSPS) is 15.9. The highest BCUT2D eigenvalue weighted by atomic mass is 35.5. The number of fused-ring (bicyclic) bond motifs is 6. The van der Waals surface area contributed by atoms with Crippen LogP contribution in [0.25, 0.3) is 43.8 Å². The Hall–Kier alpha value is -4.41. The first-order chi connectivity index (χ1) is 18.2. The number of aromatic hydroxyl groups is 3. The fraction of sp³-hybridized carbons (Fsp3) is 0.185. The highest BCUT2D eigenvalue weighted by molar-refractivity contribution is 6.33. The fourth-order valence-electron chi connectivity index (χ4n) is 5.70. The van der Waals surface area contributed by atoms with Gasteiger partial charge in [0.25, 0.3) is 5.56 Å². The van der Waals surface area contributed by atoms with Crippen LogP contribution >= 0.6 is 11.6 Å². The fourth-order valence-corrected chi connectivity index (χ4v) is 5.92. The summed E-state index contributed by atoms with van der Waals surface area (Å²) in [6, 6.07) is 4.48. The predicted molar refractivity (Wildman–Crippen MR) is 138 cm³/mol. The largest absolute Gasteiger partial charge is 0.507 e. The molecule has 4 N–H and O–H groups in total. The lowest BCUT2D eigenvalue weighted by molar-refractivity contribution is -0.0592. The lowest BCUT2D eigenvalue weighted by atomic mass is 9.79. The number of halogens is 1. The molecule has 0 radical (unpaired) electrons. The monoisotopic (exact) mass is 535 g/mol. The summed E-state index contributed by atoms with van der Waals surface area (Å²) < 4.78 is 23.1. The van der Waals surface area contributed by atoms with E-state index in [1.54, 1.807) is 13.0 Å². The predicted octanol–water partition coefficient (Wildman–Crippen LogP) is 4.51. The van der Waals surface area contributed by atoms with Crippen LogP contribution in [-0.4, -0.2) is 34.2 Å². The molecule has 2 aromatic heterocycles. The number of phenolic OH excluding ortho intramolecular Hbond substituents is 3. The van der Waals surface area contributed by atoms with Crippen LogP contribution in [0.3, 0.4) is 0 Å². The molecular weight excluding hydrogens is 518 g/mol. The van der Waals surface area contributed by atoms with Gasteiger partial charge in [-0.25, -0.2) is 0 Å². The van der Waals surface area contributed by atoms with Crippen molar-refractivity contribution in [1.29, 1.82) is 0 Å². The average Bonchev–Trinajstić information content (AvgIpc) is 2.88. The lowest BCUT2D eigenvalue weighted by Crippen LogP contribution is -2.24. The molecule has 192 valence electrons. The molecular formula is C27H18ClNO9. The molecule has 0 bridgehead atoms. The zero-order valence-electron chi connectivity index (χ0n) is 19.9. The van der Waals surface area contributed by atoms with E-state index < -0.39 is 28.6 Å². The molecule has 11 heteroatoms. The van der Waals surface area contributed by atoms with Gasteiger partial charge in [-0.3, -0.25) is 9.59 Å². The van der Waals surface area contributed by atoms with Crippen molar-refractivity contribution in [3.05, 3.63) is 60.6 Å². The summed E-state index contributed by atoms with van der Waals surface area (Å²) in [5, 5.41) is 34.4. The van der Waals surface area contributed by atoms with Crippen molar-refractivity contribution in [2.45, 2.75) is 19.4 Å². The van der Waals surface area contributed by atoms with Crippen molar-refractivity contribution in [2.24, 2.45) is 0 Å². The third-order valence-electron chi connectivity index (χ3n) is 7.28. The van der Waals surface area contributed by atoms with Gasteiger partial charge in [0.05, 0.1) is 29.0 Å². The van der Waals surface area contributed by atoms with Crippen LogP contribution in [0.2, 0.25) is 5.02 Å². The molecule has 7 rings (SSSR count). The number of nitrogens with one attached hydrogen (secondary N) is 1. The molecule has 0 saturated heterocycles. The second kappa shape index (κ2) is 7.56. The molecule has 1 aliphatic carbocycles. The number of rotatable bonds is 1. The lowest BCUT2D eigenvalue weighted by Gasteiger charge is -2.34. The van der Waals surface area contributed by atoms with Crippen LogP contribution in [0.1, 0.15) is 22.9 Å². The van der Waals surface area contributed by atoms with E-state index >= 15 is 0 Å². The number of hydrogen-bond acceptors (Lipinski definition) is 9. The maximum Gasteiger partial charge on any atom is 0.259 e. The molecule has 10 nitrogen and oxygen atoms in total. The quantitative estimate of drug-likeness (QED) is 0.179. The molecule has 0 fully saturated rings. The highest BCUT2D eigenvalue weighted by Crippen LogP contribution is 2.59. The number of aromatic nitrogens is 1. The van der Waals surface area contributed by atoms with Crippen LogP contribution in [0.15, 0.2) is 32.2 Å². The third-order valence-corrected chi connectivity index (χ3v) is 7.58. The van der Waals surface area contributed by atoms with Crippen molar-refractivity contribution < 1.29 is 33.9 Å². The second-order valence-corrected chi connectivity index (χ2v) is 9.71. The number of benzene rings is 3. The number of hydrogen-bond donors (Lipinski definition) is 4. The molecule has 0 amide bonds. The third kappa shape index (κ3) is 2.70. The van der Waals surface area contributed by atoms with Crippen LogP contribution in [-0.2, 0) is 11.2 Å². The first-order valence-corrected chi connectivity index (χ1v) is 12.0. The summed E-state index contributed by atoms with van der Waals surface area (Å²) in [6.45, 7) is 1.46. The Morgan fingerprint density at radius 3 is 2.55 bits per heavy atom. The summed E-state index contributed by atoms with van der Waals surface area (Å²) in [7, 11) is 1.39. The van der Waals surface area contributed by atoms with Gasteiger partial charge in [0, 0.05) is 39.8 Å². The highest BCUT2D eigenvalue weighted by Gasteiger charge is 2.41. The molecule has 38 heavy (non-hydrogen) atoms. The van der Waals surface area contributed by atoms with E-state index in [1.807, 2.05) is 0 Å². The van der Waals surface area contributed by atoms with Crippen LogP contribution in [0.5, 0.6) is 28.7 Å². The summed E-state index contributed by atoms with van der Waals surface area (Å²) in [4.78, 5) is 29.2. The van der Waals surface area contributed by atoms with E-state index in [4.69, 9.17) is 30.2 Å². The minimum Gasteiger partial charge on any atom is -0.507 e. The standard InChI is InChI=1S/C27H18ClNO9/c1-8-5-10-15(27(34)29-8)21(32)14-11(19(10)30)6-13-16-17(14)22(33)18-20(31)9-3-4-12(28)24(35-2)23(9)38-26(18)25(16)37-7-36-13/h3-5,13,30,32-33H,6-7H2,1-2H3,(H,29,34). The van der Waals surface area contributed by atoms with Gasteiger partial charge in [-0.1, -0.05) is 11.6 Å². The second-order valence-electron chi connectivity index (χ2n) is 9.30. The molecule has 3 aromatic carbocycles. The topological polar surface area (TPSA) is 151 Å². The summed E-state index contributed by atoms with van der Waals surface area (Å²) in [5.41, 5.74) is -0.0868. The number of ether oxygens (including phenoxy) is 3. The molecule has 5 aromatic rings. The van der Waals surface area contributed by atoms with Crippen LogP contribution in [0, 0.1) is 6.92 Å². The number of methoxy groups -OCH3 is 1. The molecule has 1 atom stereocenters. The Morgan fingerprint density at radius 1 is 1.03 bits per heavy atom. The van der Waals surface area contributed by atoms with Gasteiger partial charge in [-0.05, 0) is 25.1 Å². The Kier molecular flexibility index (Phi) is 4.53. The molecule has 3 heterocycles. The zero-order valence-corrected chi connectivity index (χ0v) is 20.6. The van der Waals surface area contributed by atoms with Crippen molar-refractivity contribution >= 4 is 44.3 Å².